The molecule has 3 heterocycles. The van der Waals surface area contributed by atoms with Crippen molar-refractivity contribution in [1.82, 2.24) is 9.62 Å². The van der Waals surface area contributed by atoms with Crippen molar-refractivity contribution in [3.8, 4) is 0 Å². The Morgan fingerprint density at radius 2 is 2.03 bits per heavy atom. The zero-order valence-electron chi connectivity index (χ0n) is 17.7. The maximum absolute atomic E-state index is 12.9. The number of fused-ring (bicyclic) bond motifs is 1. The van der Waals surface area contributed by atoms with Gasteiger partial charge in [0.15, 0.2) is 0 Å². The molecule has 2 N–H and O–H groups in total. The number of amides is 1. The Bertz CT molecular complexity index is 1000. The number of benzene rings is 1. The molecule has 0 spiro atoms. The summed E-state index contributed by atoms with van der Waals surface area (Å²) in [4.78, 5) is 17.1. The maximum Gasteiger partial charge on any atom is 0.240 e. The molecule has 0 aliphatic carbocycles. The van der Waals surface area contributed by atoms with Gasteiger partial charge in [0.25, 0.3) is 0 Å². The highest BCUT2D eigenvalue weighted by Crippen LogP contribution is 2.34. The SMILES string of the molecule is C[C@@H]1CSc2ccc(S(=O)(=O)NCC3CCN(CCc4cccs4)CC3)cc2NC1=O. The van der Waals surface area contributed by atoms with Gasteiger partial charge < -0.3 is 10.2 Å². The largest absolute Gasteiger partial charge is 0.325 e. The molecule has 2 aliphatic heterocycles. The van der Waals surface area contributed by atoms with Crippen molar-refractivity contribution in [2.75, 3.05) is 37.2 Å². The van der Waals surface area contributed by atoms with Crippen LogP contribution in [-0.2, 0) is 21.2 Å². The Morgan fingerprint density at radius 1 is 1.23 bits per heavy atom. The van der Waals surface area contributed by atoms with Crippen molar-refractivity contribution < 1.29 is 13.2 Å². The number of thioether (sulfide) groups is 1. The van der Waals surface area contributed by atoms with Crippen LogP contribution in [0.2, 0.25) is 0 Å². The van der Waals surface area contributed by atoms with E-state index in [1.165, 1.54) is 4.88 Å². The molecule has 0 saturated carbocycles. The molecule has 31 heavy (non-hydrogen) atoms. The van der Waals surface area contributed by atoms with Crippen LogP contribution in [0.1, 0.15) is 24.6 Å². The summed E-state index contributed by atoms with van der Waals surface area (Å²) in [6, 6.07) is 9.27. The van der Waals surface area contributed by atoms with Crippen LogP contribution in [-0.4, -0.2) is 51.2 Å². The first kappa shape index (κ1) is 22.8. The Hall–Kier alpha value is -1.39. The Labute approximate surface area is 192 Å². The molecular weight excluding hydrogens is 450 g/mol. The first-order valence-electron chi connectivity index (χ1n) is 10.7. The van der Waals surface area contributed by atoms with Crippen molar-refractivity contribution >= 4 is 44.7 Å². The standard InChI is InChI=1S/C22H29N3O3S3/c1-16-15-30-21-5-4-19(13-20(21)24-22(16)26)31(27,28)23-14-17-6-9-25(10-7-17)11-8-18-3-2-12-29-18/h2-5,12-13,16-17,23H,6-11,14-15H2,1H3,(H,24,26)/t16-/m1/s1. The van der Waals surface area contributed by atoms with Crippen molar-refractivity contribution in [3.63, 3.8) is 0 Å². The van der Waals surface area contributed by atoms with Crippen LogP contribution < -0.4 is 10.0 Å². The number of hydrogen-bond acceptors (Lipinski definition) is 6. The monoisotopic (exact) mass is 479 g/mol. The lowest BCUT2D eigenvalue weighted by Crippen LogP contribution is -2.39. The van der Waals surface area contributed by atoms with Gasteiger partial charge in [-0.3, -0.25) is 4.79 Å². The molecule has 168 valence electrons. The number of carbonyl (C=O) groups is 1. The highest BCUT2D eigenvalue weighted by molar-refractivity contribution is 7.99. The van der Waals surface area contributed by atoms with Gasteiger partial charge in [0.05, 0.1) is 10.6 Å². The fourth-order valence-electron chi connectivity index (χ4n) is 3.89. The summed E-state index contributed by atoms with van der Waals surface area (Å²) in [6.07, 6.45) is 3.09. The molecule has 6 nitrogen and oxygen atoms in total. The number of sulfonamides is 1. The van der Waals surface area contributed by atoms with Gasteiger partial charge in [-0.1, -0.05) is 13.0 Å². The molecule has 0 unspecified atom stereocenters. The van der Waals surface area contributed by atoms with Gasteiger partial charge in [-0.2, -0.15) is 0 Å². The third kappa shape index (κ3) is 5.90. The van der Waals surface area contributed by atoms with Crippen LogP contribution in [0.15, 0.2) is 45.5 Å². The first-order chi connectivity index (χ1) is 14.9. The van der Waals surface area contributed by atoms with Crippen molar-refractivity contribution in [1.29, 1.82) is 0 Å². The second-order valence-corrected chi connectivity index (χ2v) is 12.2. The summed E-state index contributed by atoms with van der Waals surface area (Å²) in [7, 11) is -3.61. The third-order valence-electron chi connectivity index (χ3n) is 5.98. The number of likely N-dealkylation sites (tertiary alicyclic amines) is 1. The van der Waals surface area contributed by atoms with E-state index in [0.29, 0.717) is 23.9 Å². The Morgan fingerprint density at radius 3 is 2.77 bits per heavy atom. The normalized spacial score (nSPS) is 20.8. The lowest BCUT2D eigenvalue weighted by atomic mass is 9.97. The minimum absolute atomic E-state index is 0.0698. The van der Waals surface area contributed by atoms with Crippen molar-refractivity contribution in [2.24, 2.45) is 11.8 Å². The molecule has 0 bridgehead atoms. The van der Waals surface area contributed by atoms with Gasteiger partial charge in [0.1, 0.15) is 0 Å². The summed E-state index contributed by atoms with van der Waals surface area (Å²) < 4.78 is 28.5. The van der Waals surface area contributed by atoms with E-state index in [1.54, 1.807) is 41.3 Å². The Balaban J connectivity index is 1.29. The van der Waals surface area contributed by atoms with Crippen LogP contribution in [0.25, 0.3) is 0 Å². The zero-order valence-corrected chi connectivity index (χ0v) is 20.1. The molecule has 4 rings (SSSR count). The lowest BCUT2D eigenvalue weighted by molar-refractivity contribution is -0.118. The molecule has 1 fully saturated rings. The summed E-state index contributed by atoms with van der Waals surface area (Å²) in [5, 5.41) is 4.98. The number of nitrogens with zero attached hydrogens (tertiary/aromatic N) is 1. The van der Waals surface area contributed by atoms with E-state index in [0.717, 1.165) is 43.8 Å². The summed E-state index contributed by atoms with van der Waals surface area (Å²) >= 11 is 3.38. The first-order valence-corrected chi connectivity index (χ1v) is 14.1. The average Bonchev–Trinajstić information content (AvgIpc) is 3.24. The minimum Gasteiger partial charge on any atom is -0.325 e. The van der Waals surface area contributed by atoms with Gasteiger partial charge in [0.2, 0.25) is 15.9 Å². The lowest BCUT2D eigenvalue weighted by Gasteiger charge is -2.31. The van der Waals surface area contributed by atoms with E-state index < -0.39 is 10.0 Å². The highest BCUT2D eigenvalue weighted by Gasteiger charge is 2.25. The molecule has 9 heteroatoms. The molecule has 2 aromatic rings. The summed E-state index contributed by atoms with van der Waals surface area (Å²) in [5.74, 6) is 0.867. The van der Waals surface area contributed by atoms with Gasteiger partial charge in [0, 0.05) is 34.5 Å². The fraction of sp³-hybridized carbons (Fsp3) is 0.500. The van der Waals surface area contributed by atoms with E-state index in [-0.39, 0.29) is 16.7 Å². The molecule has 1 aromatic heterocycles. The predicted octanol–water partition coefficient (Wildman–Crippen LogP) is 3.66. The second-order valence-electron chi connectivity index (χ2n) is 8.33. The van der Waals surface area contributed by atoms with Gasteiger partial charge in [-0.15, -0.1) is 23.1 Å². The van der Waals surface area contributed by atoms with Crippen molar-refractivity contribution in [3.05, 3.63) is 40.6 Å². The van der Waals surface area contributed by atoms with Crippen LogP contribution in [0.3, 0.4) is 0 Å². The second kappa shape index (κ2) is 10.0. The molecule has 1 saturated heterocycles. The van der Waals surface area contributed by atoms with Crippen LogP contribution in [0.4, 0.5) is 5.69 Å². The molecule has 1 atom stereocenters. The number of nitrogens with one attached hydrogen (secondary N) is 2. The molecular formula is C22H29N3O3S3. The minimum atomic E-state index is -3.61. The number of hydrogen-bond donors (Lipinski definition) is 2. The maximum atomic E-state index is 12.9. The predicted molar refractivity (Wildman–Crippen MR) is 127 cm³/mol. The van der Waals surface area contributed by atoms with Gasteiger partial charge in [-0.25, -0.2) is 13.1 Å². The summed E-state index contributed by atoms with van der Waals surface area (Å²) in [5.41, 5.74) is 0.585. The smallest absolute Gasteiger partial charge is 0.240 e. The number of rotatable bonds is 7. The molecule has 0 radical (unpaired) electrons. The Kier molecular flexibility index (Phi) is 7.38. The van der Waals surface area contributed by atoms with Crippen LogP contribution in [0.5, 0.6) is 0 Å². The van der Waals surface area contributed by atoms with Gasteiger partial charge >= 0.3 is 0 Å². The van der Waals surface area contributed by atoms with Crippen LogP contribution in [0, 0.1) is 11.8 Å². The van der Waals surface area contributed by atoms with Crippen LogP contribution >= 0.6 is 23.1 Å². The number of anilines is 1. The topological polar surface area (TPSA) is 78.5 Å². The van der Waals surface area contributed by atoms with E-state index >= 15 is 0 Å². The van der Waals surface area contributed by atoms with E-state index in [1.807, 2.05) is 6.92 Å². The molecule has 2 aliphatic rings. The number of thiophene rings is 1. The highest BCUT2D eigenvalue weighted by atomic mass is 32.2. The molecule has 1 amide bonds. The van der Waals surface area contributed by atoms with E-state index in [2.05, 4.69) is 32.5 Å². The van der Waals surface area contributed by atoms with Crippen molar-refractivity contribution in [2.45, 2.75) is 36.0 Å². The van der Waals surface area contributed by atoms with E-state index in [9.17, 15) is 13.2 Å². The molecule has 1 aromatic carbocycles. The summed E-state index contributed by atoms with van der Waals surface area (Å²) in [6.45, 7) is 5.42. The third-order valence-corrected chi connectivity index (χ3v) is 9.67. The fourth-order valence-corrected chi connectivity index (χ4v) is 6.75. The van der Waals surface area contributed by atoms with Gasteiger partial charge in [-0.05, 0) is 67.9 Å². The van der Waals surface area contributed by atoms with E-state index in [4.69, 9.17) is 0 Å². The number of carbonyl (C=O) groups excluding carboxylic acids is 1. The number of piperidine rings is 1. The average molecular weight is 480 g/mol. The zero-order chi connectivity index (χ0) is 21.8. The quantitative estimate of drug-likeness (QED) is 0.634.